The van der Waals surface area contributed by atoms with E-state index in [1.165, 1.54) is 18.2 Å². The number of aromatic nitrogens is 4. The number of imidazole rings is 2. The minimum absolute atomic E-state index is 0.0345. The number of hydrogen-bond donors (Lipinski definition) is 3. The number of hydrogen-bond acceptors (Lipinski definition) is 3. The largest absolute Gasteiger partial charge is 0.449 e. The summed E-state index contributed by atoms with van der Waals surface area (Å²) < 4.78 is 38.5. The second-order valence-corrected chi connectivity index (χ2v) is 7.15. The zero-order chi connectivity index (χ0) is 20.8. The van der Waals surface area contributed by atoms with Crippen LogP contribution in [0.15, 0.2) is 42.5 Å². The van der Waals surface area contributed by atoms with Crippen molar-refractivity contribution in [2.24, 2.45) is 5.92 Å². The number of carbonyl (C=O) groups is 1. The molecule has 0 aliphatic heterocycles. The fraction of sp³-hybridized carbons (Fsp3) is 0.250. The van der Waals surface area contributed by atoms with Crippen molar-refractivity contribution in [2.75, 3.05) is 0 Å². The van der Waals surface area contributed by atoms with Crippen LogP contribution >= 0.6 is 0 Å². The van der Waals surface area contributed by atoms with Gasteiger partial charge in [0.05, 0.1) is 28.1 Å². The predicted octanol–water partition coefficient (Wildman–Crippen LogP) is 4.59. The summed E-state index contributed by atoms with van der Waals surface area (Å²) in [5, 5.41) is 2.92. The van der Waals surface area contributed by atoms with Crippen LogP contribution in [0.25, 0.3) is 22.1 Å². The Morgan fingerprint density at radius 3 is 2.41 bits per heavy atom. The number of fused-ring (bicyclic) bond motifs is 2. The monoisotopic (exact) mass is 401 g/mol. The fourth-order valence-corrected chi connectivity index (χ4v) is 3.18. The molecule has 0 fully saturated rings. The van der Waals surface area contributed by atoms with E-state index in [0.717, 1.165) is 11.0 Å². The number of alkyl halides is 3. The number of carbonyl (C=O) groups excluding carboxylic acids is 1. The minimum Gasteiger partial charge on any atom is -0.342 e. The summed E-state index contributed by atoms with van der Waals surface area (Å²) in [4.78, 5) is 26.3. The van der Waals surface area contributed by atoms with E-state index in [1.54, 1.807) is 0 Å². The normalized spacial score (nSPS) is 13.3. The van der Waals surface area contributed by atoms with Gasteiger partial charge in [-0.15, -0.1) is 0 Å². The molecule has 2 aromatic carbocycles. The van der Waals surface area contributed by atoms with Gasteiger partial charge in [0.15, 0.2) is 0 Å². The van der Waals surface area contributed by atoms with Crippen molar-refractivity contribution in [1.29, 1.82) is 0 Å². The average molecular weight is 401 g/mol. The zero-order valence-electron chi connectivity index (χ0n) is 15.6. The van der Waals surface area contributed by atoms with Crippen molar-refractivity contribution >= 4 is 28.0 Å². The van der Waals surface area contributed by atoms with Crippen LogP contribution in [0.5, 0.6) is 0 Å². The van der Waals surface area contributed by atoms with E-state index < -0.39 is 23.9 Å². The van der Waals surface area contributed by atoms with Gasteiger partial charge in [-0.2, -0.15) is 13.2 Å². The molecule has 1 amide bonds. The van der Waals surface area contributed by atoms with Gasteiger partial charge < -0.3 is 15.3 Å². The highest BCUT2D eigenvalue weighted by Crippen LogP contribution is 2.29. The zero-order valence-corrected chi connectivity index (χ0v) is 15.6. The number of amides is 1. The first-order chi connectivity index (χ1) is 13.7. The van der Waals surface area contributed by atoms with E-state index in [4.69, 9.17) is 0 Å². The van der Waals surface area contributed by atoms with Gasteiger partial charge in [0, 0.05) is 5.56 Å². The van der Waals surface area contributed by atoms with E-state index in [9.17, 15) is 18.0 Å². The molecule has 6 nitrogen and oxygen atoms in total. The predicted molar refractivity (Wildman–Crippen MR) is 102 cm³/mol. The first-order valence-corrected chi connectivity index (χ1v) is 9.05. The van der Waals surface area contributed by atoms with Crippen LogP contribution < -0.4 is 5.32 Å². The number of benzene rings is 2. The highest BCUT2D eigenvalue weighted by atomic mass is 19.4. The average Bonchev–Trinajstić information content (AvgIpc) is 3.28. The topological polar surface area (TPSA) is 86.5 Å². The molecule has 0 saturated heterocycles. The lowest BCUT2D eigenvalue weighted by Gasteiger charge is -2.20. The molecule has 29 heavy (non-hydrogen) atoms. The van der Waals surface area contributed by atoms with Crippen LogP contribution in [0.3, 0.4) is 0 Å². The molecule has 4 aromatic rings. The number of aromatic amines is 2. The van der Waals surface area contributed by atoms with E-state index in [1.807, 2.05) is 38.1 Å². The smallest absolute Gasteiger partial charge is 0.342 e. The van der Waals surface area contributed by atoms with Crippen molar-refractivity contribution in [3.8, 4) is 0 Å². The van der Waals surface area contributed by atoms with Crippen molar-refractivity contribution in [1.82, 2.24) is 25.3 Å². The summed E-state index contributed by atoms with van der Waals surface area (Å²) in [7, 11) is 0. The van der Waals surface area contributed by atoms with Gasteiger partial charge >= 0.3 is 6.18 Å². The number of nitrogens with zero attached hydrogens (tertiary/aromatic N) is 2. The third kappa shape index (κ3) is 3.67. The molecule has 2 aromatic heterocycles. The van der Waals surface area contributed by atoms with E-state index >= 15 is 0 Å². The number of rotatable bonds is 4. The summed E-state index contributed by atoms with van der Waals surface area (Å²) >= 11 is 0. The van der Waals surface area contributed by atoms with Crippen LogP contribution in [0.2, 0.25) is 0 Å². The Morgan fingerprint density at radius 1 is 1.00 bits per heavy atom. The molecule has 9 heteroatoms. The Kier molecular flexibility index (Phi) is 4.52. The third-order valence-electron chi connectivity index (χ3n) is 4.67. The van der Waals surface area contributed by atoms with Crippen LogP contribution in [0.4, 0.5) is 13.2 Å². The molecule has 0 saturated carbocycles. The van der Waals surface area contributed by atoms with Gasteiger partial charge in [0.2, 0.25) is 5.82 Å². The summed E-state index contributed by atoms with van der Waals surface area (Å²) in [6.45, 7) is 3.90. The lowest BCUT2D eigenvalue weighted by Crippen LogP contribution is -2.32. The highest BCUT2D eigenvalue weighted by molar-refractivity contribution is 5.97. The maximum atomic E-state index is 12.8. The molecule has 0 spiro atoms. The summed E-state index contributed by atoms with van der Waals surface area (Å²) in [6.07, 6.45) is -4.58. The van der Waals surface area contributed by atoms with Crippen molar-refractivity contribution in [3.63, 3.8) is 0 Å². The molecule has 1 atom stereocenters. The maximum Gasteiger partial charge on any atom is 0.449 e. The SMILES string of the molecule is CC(C)[C@H](NC(=O)c1ccc2nc(C(F)(F)F)[nH]c2c1)c1nc2ccccc2[nH]1. The summed E-state index contributed by atoms with van der Waals surface area (Å²) in [5.74, 6) is -0.842. The molecule has 150 valence electrons. The molecule has 0 radical (unpaired) electrons. The molecule has 3 N–H and O–H groups in total. The Bertz CT molecular complexity index is 1160. The first kappa shape index (κ1) is 19.0. The van der Waals surface area contributed by atoms with Crippen LogP contribution in [-0.4, -0.2) is 25.8 Å². The Balaban J connectivity index is 1.62. The molecular formula is C20H18F3N5O. The van der Waals surface area contributed by atoms with E-state index in [-0.39, 0.29) is 22.5 Å². The summed E-state index contributed by atoms with van der Waals surface area (Å²) in [6, 6.07) is 11.4. The molecule has 4 rings (SSSR count). The number of para-hydroxylation sites is 2. The Morgan fingerprint density at radius 2 is 1.72 bits per heavy atom. The van der Waals surface area contributed by atoms with Crippen molar-refractivity contribution in [2.45, 2.75) is 26.1 Å². The van der Waals surface area contributed by atoms with Crippen LogP contribution in [0.1, 0.15) is 41.9 Å². The van der Waals surface area contributed by atoms with Gasteiger partial charge in [-0.05, 0) is 36.2 Å². The summed E-state index contributed by atoms with van der Waals surface area (Å²) in [5.41, 5.74) is 2.18. The molecule has 0 bridgehead atoms. The first-order valence-electron chi connectivity index (χ1n) is 9.05. The Labute approximate surface area is 163 Å². The second kappa shape index (κ2) is 6.91. The molecule has 2 heterocycles. The fourth-order valence-electron chi connectivity index (χ4n) is 3.18. The van der Waals surface area contributed by atoms with E-state index in [2.05, 4.69) is 25.3 Å². The van der Waals surface area contributed by atoms with E-state index in [0.29, 0.717) is 5.82 Å². The van der Waals surface area contributed by atoms with Crippen LogP contribution in [-0.2, 0) is 6.18 Å². The van der Waals surface area contributed by atoms with Gasteiger partial charge in [-0.25, -0.2) is 9.97 Å². The molecule has 0 aliphatic carbocycles. The van der Waals surface area contributed by atoms with Gasteiger partial charge in [0.25, 0.3) is 5.91 Å². The maximum absolute atomic E-state index is 12.8. The second-order valence-electron chi connectivity index (χ2n) is 7.15. The Hall–Kier alpha value is -3.36. The number of H-pyrrole nitrogens is 2. The highest BCUT2D eigenvalue weighted by Gasteiger charge is 2.34. The quantitative estimate of drug-likeness (QED) is 0.468. The van der Waals surface area contributed by atoms with Gasteiger partial charge in [0.1, 0.15) is 5.82 Å². The van der Waals surface area contributed by atoms with Crippen LogP contribution in [0, 0.1) is 5.92 Å². The van der Waals surface area contributed by atoms with Crippen molar-refractivity contribution < 1.29 is 18.0 Å². The van der Waals surface area contributed by atoms with Crippen molar-refractivity contribution in [3.05, 3.63) is 59.7 Å². The van der Waals surface area contributed by atoms with Gasteiger partial charge in [-0.3, -0.25) is 4.79 Å². The molecule has 0 unspecified atom stereocenters. The standard InChI is InChI=1S/C20H18F3N5O/c1-10(2)16(17-24-12-5-3-4-6-13(12)25-17)28-18(29)11-7-8-14-15(9-11)27-19(26-14)20(21,22)23/h3-10,16H,1-2H3,(H,24,25)(H,26,27)(H,28,29)/t16-/m0/s1. The third-order valence-corrected chi connectivity index (χ3v) is 4.67. The molecular weight excluding hydrogens is 383 g/mol. The molecule has 0 aliphatic rings. The van der Waals surface area contributed by atoms with Gasteiger partial charge in [-0.1, -0.05) is 26.0 Å². The minimum atomic E-state index is -4.58. The lowest BCUT2D eigenvalue weighted by molar-refractivity contribution is -0.144. The number of halogens is 3. The number of nitrogens with one attached hydrogen (secondary N) is 3. The lowest BCUT2D eigenvalue weighted by atomic mass is 10.0.